The van der Waals surface area contributed by atoms with E-state index >= 15 is 0 Å². The van der Waals surface area contributed by atoms with E-state index in [-0.39, 0.29) is 6.10 Å². The lowest BCUT2D eigenvalue weighted by Crippen LogP contribution is -1.87. The van der Waals surface area contributed by atoms with E-state index < -0.39 is 0 Å². The minimum absolute atomic E-state index is 0.267. The van der Waals surface area contributed by atoms with Gasteiger partial charge in [0.05, 0.1) is 6.61 Å². The van der Waals surface area contributed by atoms with Crippen LogP contribution in [0.25, 0.3) is 0 Å². The molecule has 0 radical (unpaired) electrons. The third kappa shape index (κ3) is 1.26. The third-order valence-corrected chi connectivity index (χ3v) is 2.26. The highest BCUT2D eigenvalue weighted by Crippen LogP contribution is 2.36. The monoisotopic (exact) mass is 168 g/mol. The lowest BCUT2D eigenvalue weighted by Gasteiger charge is -2.02. The van der Waals surface area contributed by atoms with Crippen LogP contribution in [-0.2, 0) is 4.74 Å². The molecule has 11 heavy (non-hydrogen) atoms. The first-order valence-corrected chi connectivity index (χ1v) is 4.03. The van der Waals surface area contributed by atoms with Crippen molar-refractivity contribution in [1.82, 2.24) is 0 Å². The molecule has 1 aromatic carbocycles. The molecule has 0 aliphatic carbocycles. The SMILES string of the molecule is Cc1cccc(Cl)c1C1CO1. The maximum absolute atomic E-state index is 5.98. The number of hydrogen-bond donors (Lipinski definition) is 0. The number of hydrogen-bond acceptors (Lipinski definition) is 1. The van der Waals surface area contributed by atoms with E-state index in [1.165, 1.54) is 5.56 Å². The summed E-state index contributed by atoms with van der Waals surface area (Å²) in [5.41, 5.74) is 2.38. The van der Waals surface area contributed by atoms with Crippen molar-refractivity contribution in [2.45, 2.75) is 13.0 Å². The molecule has 1 heterocycles. The molecule has 1 fully saturated rings. The van der Waals surface area contributed by atoms with Gasteiger partial charge in [-0.05, 0) is 18.6 Å². The first kappa shape index (κ1) is 7.14. The van der Waals surface area contributed by atoms with Gasteiger partial charge in [-0.1, -0.05) is 23.7 Å². The number of epoxide rings is 1. The topological polar surface area (TPSA) is 12.5 Å². The smallest absolute Gasteiger partial charge is 0.108 e. The summed E-state index contributed by atoms with van der Waals surface area (Å²) in [6.07, 6.45) is 0.267. The van der Waals surface area contributed by atoms with Crippen LogP contribution in [0.4, 0.5) is 0 Å². The Bertz CT molecular complexity index is 259. The zero-order valence-corrected chi connectivity index (χ0v) is 7.06. The maximum atomic E-state index is 5.98. The largest absolute Gasteiger partial charge is 0.368 e. The Hall–Kier alpha value is -0.530. The average Bonchev–Trinajstić information content (AvgIpc) is 2.70. The van der Waals surface area contributed by atoms with E-state index in [1.807, 2.05) is 12.1 Å². The molecule has 0 saturated carbocycles. The van der Waals surface area contributed by atoms with E-state index in [0.717, 1.165) is 17.2 Å². The van der Waals surface area contributed by atoms with Crippen molar-refractivity contribution >= 4 is 11.6 Å². The van der Waals surface area contributed by atoms with Gasteiger partial charge in [-0.2, -0.15) is 0 Å². The van der Waals surface area contributed by atoms with Gasteiger partial charge in [0.1, 0.15) is 6.10 Å². The predicted octanol–water partition coefficient (Wildman–Crippen LogP) is 2.72. The molecule has 2 rings (SSSR count). The van der Waals surface area contributed by atoms with E-state index in [2.05, 4.69) is 13.0 Å². The van der Waals surface area contributed by atoms with Crippen LogP contribution in [0.2, 0.25) is 5.02 Å². The average molecular weight is 169 g/mol. The Morgan fingerprint density at radius 1 is 1.55 bits per heavy atom. The van der Waals surface area contributed by atoms with E-state index in [9.17, 15) is 0 Å². The Labute approximate surface area is 70.9 Å². The fourth-order valence-electron chi connectivity index (χ4n) is 1.27. The first-order valence-electron chi connectivity index (χ1n) is 3.65. The van der Waals surface area contributed by atoms with Crippen LogP contribution < -0.4 is 0 Å². The zero-order chi connectivity index (χ0) is 7.84. The van der Waals surface area contributed by atoms with Crippen molar-refractivity contribution in [3.63, 3.8) is 0 Å². The van der Waals surface area contributed by atoms with Gasteiger partial charge in [-0.3, -0.25) is 0 Å². The van der Waals surface area contributed by atoms with Crippen LogP contribution in [0.5, 0.6) is 0 Å². The second-order valence-electron chi connectivity index (χ2n) is 2.79. The Kier molecular flexibility index (Phi) is 1.63. The van der Waals surface area contributed by atoms with Crippen LogP contribution in [0, 0.1) is 6.92 Å². The van der Waals surface area contributed by atoms with Gasteiger partial charge < -0.3 is 4.74 Å². The highest BCUT2D eigenvalue weighted by Gasteiger charge is 2.28. The summed E-state index contributed by atoms with van der Waals surface area (Å²) < 4.78 is 5.17. The van der Waals surface area contributed by atoms with Gasteiger partial charge >= 0.3 is 0 Å². The summed E-state index contributed by atoms with van der Waals surface area (Å²) in [6, 6.07) is 5.93. The second kappa shape index (κ2) is 2.50. The van der Waals surface area contributed by atoms with Gasteiger partial charge in [-0.25, -0.2) is 0 Å². The van der Waals surface area contributed by atoms with E-state index in [1.54, 1.807) is 0 Å². The standard InChI is InChI=1S/C9H9ClO/c1-6-3-2-4-7(10)9(6)8-5-11-8/h2-4,8H,5H2,1H3. The Balaban J connectivity index is 2.48. The number of ether oxygens (including phenoxy) is 1. The molecule has 0 amide bonds. The number of aryl methyl sites for hydroxylation is 1. The van der Waals surface area contributed by atoms with Crippen molar-refractivity contribution in [3.8, 4) is 0 Å². The molecule has 1 unspecified atom stereocenters. The summed E-state index contributed by atoms with van der Waals surface area (Å²) in [6.45, 7) is 2.88. The fourth-order valence-corrected chi connectivity index (χ4v) is 1.61. The zero-order valence-electron chi connectivity index (χ0n) is 6.30. The van der Waals surface area contributed by atoms with E-state index in [0.29, 0.717) is 0 Å². The minimum atomic E-state index is 0.267. The fraction of sp³-hybridized carbons (Fsp3) is 0.333. The number of benzene rings is 1. The highest BCUT2D eigenvalue weighted by molar-refractivity contribution is 6.31. The Morgan fingerprint density at radius 3 is 2.82 bits per heavy atom. The molecule has 0 spiro atoms. The summed E-state index contributed by atoms with van der Waals surface area (Å²) in [4.78, 5) is 0. The lowest BCUT2D eigenvalue weighted by molar-refractivity contribution is 0.415. The van der Waals surface area contributed by atoms with Crippen LogP contribution in [-0.4, -0.2) is 6.61 Å². The molecular formula is C9H9ClO. The molecular weight excluding hydrogens is 160 g/mol. The molecule has 1 atom stereocenters. The van der Waals surface area contributed by atoms with Crippen molar-refractivity contribution in [3.05, 3.63) is 34.3 Å². The minimum Gasteiger partial charge on any atom is -0.368 e. The molecule has 0 aromatic heterocycles. The lowest BCUT2D eigenvalue weighted by atomic mass is 10.1. The second-order valence-corrected chi connectivity index (χ2v) is 3.20. The molecule has 1 saturated heterocycles. The molecule has 0 N–H and O–H groups in total. The van der Waals surface area contributed by atoms with Gasteiger partial charge in [0.25, 0.3) is 0 Å². The van der Waals surface area contributed by atoms with Crippen LogP contribution in [0.15, 0.2) is 18.2 Å². The van der Waals surface area contributed by atoms with Gasteiger partial charge in [0.2, 0.25) is 0 Å². The van der Waals surface area contributed by atoms with Gasteiger partial charge in [-0.15, -0.1) is 0 Å². The third-order valence-electron chi connectivity index (χ3n) is 1.93. The summed E-state index contributed by atoms with van der Waals surface area (Å²) in [5, 5.41) is 0.826. The first-order chi connectivity index (χ1) is 5.29. The van der Waals surface area contributed by atoms with Crippen LogP contribution in [0.1, 0.15) is 17.2 Å². The molecule has 1 aliphatic rings. The number of halogens is 1. The highest BCUT2D eigenvalue weighted by atomic mass is 35.5. The van der Waals surface area contributed by atoms with E-state index in [4.69, 9.17) is 16.3 Å². The van der Waals surface area contributed by atoms with Gasteiger partial charge in [0, 0.05) is 10.6 Å². The number of rotatable bonds is 1. The molecule has 1 nitrogen and oxygen atoms in total. The summed E-state index contributed by atoms with van der Waals surface area (Å²) in [5.74, 6) is 0. The molecule has 1 aromatic rings. The van der Waals surface area contributed by atoms with Crippen molar-refractivity contribution in [2.24, 2.45) is 0 Å². The molecule has 1 aliphatic heterocycles. The quantitative estimate of drug-likeness (QED) is 0.588. The van der Waals surface area contributed by atoms with Gasteiger partial charge in [0.15, 0.2) is 0 Å². The molecule has 58 valence electrons. The van der Waals surface area contributed by atoms with Crippen molar-refractivity contribution in [1.29, 1.82) is 0 Å². The summed E-state index contributed by atoms with van der Waals surface area (Å²) in [7, 11) is 0. The maximum Gasteiger partial charge on any atom is 0.108 e. The normalized spacial score (nSPS) is 21.8. The van der Waals surface area contributed by atoms with Crippen LogP contribution in [0.3, 0.4) is 0 Å². The van der Waals surface area contributed by atoms with Crippen LogP contribution >= 0.6 is 11.6 Å². The molecule has 0 bridgehead atoms. The predicted molar refractivity (Wildman–Crippen MR) is 44.9 cm³/mol. The van der Waals surface area contributed by atoms with Crippen molar-refractivity contribution in [2.75, 3.05) is 6.61 Å². The Morgan fingerprint density at radius 2 is 2.27 bits per heavy atom. The summed E-state index contributed by atoms with van der Waals surface area (Å²) >= 11 is 5.98. The van der Waals surface area contributed by atoms with Crippen molar-refractivity contribution < 1.29 is 4.74 Å². The molecule has 2 heteroatoms.